The second-order valence-electron chi connectivity index (χ2n) is 6.13. The molecular weight excluding hydrogens is 314 g/mol. The molecule has 1 N–H and O–H groups in total. The molecule has 1 saturated carbocycles. The van der Waals surface area contributed by atoms with Crippen LogP contribution in [0.4, 0.5) is 0 Å². The van der Waals surface area contributed by atoms with Crippen molar-refractivity contribution in [2.75, 3.05) is 0 Å². The van der Waals surface area contributed by atoms with Crippen molar-refractivity contribution in [1.29, 1.82) is 0 Å². The van der Waals surface area contributed by atoms with E-state index in [9.17, 15) is 8.42 Å². The van der Waals surface area contributed by atoms with Gasteiger partial charge in [-0.05, 0) is 18.4 Å². The van der Waals surface area contributed by atoms with Crippen LogP contribution in [-0.4, -0.2) is 18.6 Å². The fourth-order valence-corrected chi connectivity index (χ4v) is 4.74. The van der Waals surface area contributed by atoms with Crippen LogP contribution in [0.5, 0.6) is 0 Å². The molecule has 2 aromatic rings. The van der Waals surface area contributed by atoms with E-state index in [0.717, 1.165) is 24.8 Å². The zero-order valence-electron chi connectivity index (χ0n) is 13.2. The Kier molecular flexibility index (Phi) is 4.50. The molecule has 0 spiro atoms. The van der Waals surface area contributed by atoms with Crippen molar-refractivity contribution < 1.29 is 12.9 Å². The number of aryl methyl sites for hydroxylation is 1. The highest BCUT2D eigenvalue weighted by Crippen LogP contribution is 2.36. The van der Waals surface area contributed by atoms with Crippen LogP contribution in [0, 0.1) is 6.92 Å². The summed E-state index contributed by atoms with van der Waals surface area (Å²) in [5.74, 6) is 0.852. The van der Waals surface area contributed by atoms with Gasteiger partial charge in [0.2, 0.25) is 15.9 Å². The van der Waals surface area contributed by atoms with E-state index in [1.807, 2.05) is 30.3 Å². The molecule has 6 nitrogen and oxygen atoms in total. The Morgan fingerprint density at radius 3 is 2.48 bits per heavy atom. The Bertz CT molecular complexity index is 750. The summed E-state index contributed by atoms with van der Waals surface area (Å²) in [5.41, 5.74) is 0.0131. The number of hydrogen-bond acceptors (Lipinski definition) is 5. The van der Waals surface area contributed by atoms with Crippen molar-refractivity contribution in [3.05, 3.63) is 47.6 Å². The standard InChI is InChI=1S/C16H21N3O3S/c1-13-17-15(18-22-13)16(10-6-3-7-11-16)19-23(20,21)12-14-8-4-2-5-9-14/h2,4-5,8-9,19H,3,6-7,10-12H2,1H3. The van der Waals surface area contributed by atoms with Crippen LogP contribution in [-0.2, 0) is 21.3 Å². The highest BCUT2D eigenvalue weighted by Gasteiger charge is 2.41. The maximum Gasteiger partial charge on any atom is 0.223 e. The molecule has 1 fully saturated rings. The first kappa shape index (κ1) is 16.1. The van der Waals surface area contributed by atoms with Crippen molar-refractivity contribution in [3.63, 3.8) is 0 Å². The van der Waals surface area contributed by atoms with E-state index in [1.54, 1.807) is 6.92 Å². The molecule has 124 valence electrons. The number of aromatic nitrogens is 2. The molecule has 3 rings (SSSR count). The topological polar surface area (TPSA) is 85.1 Å². The van der Waals surface area contributed by atoms with Gasteiger partial charge in [-0.25, -0.2) is 13.1 Å². The van der Waals surface area contributed by atoms with Gasteiger partial charge in [-0.1, -0.05) is 54.8 Å². The van der Waals surface area contributed by atoms with E-state index >= 15 is 0 Å². The summed E-state index contributed by atoms with van der Waals surface area (Å²) in [6.45, 7) is 1.71. The molecule has 1 aromatic carbocycles. The summed E-state index contributed by atoms with van der Waals surface area (Å²) in [5, 5.41) is 3.99. The molecule has 23 heavy (non-hydrogen) atoms. The molecule has 1 heterocycles. The normalized spacial score (nSPS) is 18.0. The third kappa shape index (κ3) is 3.79. The van der Waals surface area contributed by atoms with Gasteiger partial charge in [-0.3, -0.25) is 0 Å². The highest BCUT2D eigenvalue weighted by molar-refractivity contribution is 7.88. The Labute approximate surface area is 136 Å². The predicted molar refractivity (Wildman–Crippen MR) is 86.0 cm³/mol. The van der Waals surface area contributed by atoms with Crippen molar-refractivity contribution in [1.82, 2.24) is 14.9 Å². The van der Waals surface area contributed by atoms with E-state index in [0.29, 0.717) is 24.6 Å². The Balaban J connectivity index is 1.86. The minimum absolute atomic E-state index is 0.0492. The first-order valence-corrected chi connectivity index (χ1v) is 9.51. The van der Waals surface area contributed by atoms with Gasteiger partial charge in [-0.2, -0.15) is 4.98 Å². The van der Waals surface area contributed by atoms with Gasteiger partial charge < -0.3 is 4.52 Å². The smallest absolute Gasteiger partial charge is 0.223 e. The molecule has 0 amide bonds. The third-order valence-corrected chi connectivity index (χ3v) is 5.63. The lowest BCUT2D eigenvalue weighted by Gasteiger charge is -2.34. The summed E-state index contributed by atoms with van der Waals surface area (Å²) in [4.78, 5) is 4.29. The van der Waals surface area contributed by atoms with Crippen molar-refractivity contribution in [2.24, 2.45) is 0 Å². The monoisotopic (exact) mass is 335 g/mol. The van der Waals surface area contributed by atoms with E-state index in [-0.39, 0.29) is 5.75 Å². The maximum absolute atomic E-state index is 12.7. The molecule has 0 radical (unpaired) electrons. The fraction of sp³-hybridized carbons (Fsp3) is 0.500. The summed E-state index contributed by atoms with van der Waals surface area (Å²) < 4.78 is 33.3. The number of nitrogens with zero attached hydrogens (tertiary/aromatic N) is 2. The average Bonchev–Trinajstić information content (AvgIpc) is 2.95. The highest BCUT2D eigenvalue weighted by atomic mass is 32.2. The Morgan fingerprint density at radius 1 is 1.17 bits per heavy atom. The number of hydrogen-bond donors (Lipinski definition) is 1. The zero-order valence-corrected chi connectivity index (χ0v) is 14.0. The van der Waals surface area contributed by atoms with Crippen LogP contribution in [0.15, 0.2) is 34.9 Å². The SMILES string of the molecule is Cc1nc(C2(NS(=O)(=O)Cc3ccccc3)CCCCC2)no1. The number of sulfonamides is 1. The molecule has 0 atom stereocenters. The molecule has 0 saturated heterocycles. The molecular formula is C16H21N3O3S. The lowest BCUT2D eigenvalue weighted by atomic mass is 9.82. The van der Waals surface area contributed by atoms with Crippen LogP contribution >= 0.6 is 0 Å². The van der Waals surface area contributed by atoms with Gasteiger partial charge in [-0.15, -0.1) is 0 Å². The lowest BCUT2D eigenvalue weighted by Crippen LogP contribution is -2.48. The van der Waals surface area contributed by atoms with E-state index < -0.39 is 15.6 Å². The molecule has 7 heteroatoms. The van der Waals surface area contributed by atoms with Crippen molar-refractivity contribution in [2.45, 2.75) is 50.3 Å². The molecule has 1 aliphatic rings. The lowest BCUT2D eigenvalue weighted by molar-refractivity contribution is 0.248. The second kappa shape index (κ2) is 6.41. The third-order valence-electron chi connectivity index (χ3n) is 4.21. The predicted octanol–water partition coefficient (Wildman–Crippen LogP) is 2.66. The number of nitrogens with one attached hydrogen (secondary N) is 1. The molecule has 1 aliphatic carbocycles. The largest absolute Gasteiger partial charge is 0.340 e. The number of rotatable bonds is 5. The summed E-state index contributed by atoms with van der Waals surface area (Å²) >= 11 is 0. The van der Waals surface area contributed by atoms with Gasteiger partial charge in [0, 0.05) is 6.92 Å². The van der Waals surface area contributed by atoms with Crippen LogP contribution in [0.1, 0.15) is 49.4 Å². The van der Waals surface area contributed by atoms with Crippen LogP contribution in [0.25, 0.3) is 0 Å². The van der Waals surface area contributed by atoms with Crippen LogP contribution in [0.3, 0.4) is 0 Å². The van der Waals surface area contributed by atoms with Crippen LogP contribution < -0.4 is 4.72 Å². The summed E-state index contributed by atoms with van der Waals surface area (Å²) in [6.07, 6.45) is 4.38. The number of benzene rings is 1. The van der Waals surface area contributed by atoms with Gasteiger partial charge in [0.25, 0.3) is 0 Å². The zero-order chi connectivity index (χ0) is 16.3. The minimum Gasteiger partial charge on any atom is -0.340 e. The van der Waals surface area contributed by atoms with Crippen LogP contribution in [0.2, 0.25) is 0 Å². The molecule has 0 bridgehead atoms. The minimum atomic E-state index is -3.50. The van der Waals surface area contributed by atoms with E-state index in [4.69, 9.17) is 4.52 Å². The first-order chi connectivity index (χ1) is 11.0. The Morgan fingerprint density at radius 2 is 1.87 bits per heavy atom. The average molecular weight is 335 g/mol. The Hall–Kier alpha value is -1.73. The molecule has 1 aromatic heterocycles. The summed E-state index contributed by atoms with van der Waals surface area (Å²) in [7, 11) is -3.50. The van der Waals surface area contributed by atoms with Gasteiger partial charge in [0.15, 0.2) is 5.82 Å². The maximum atomic E-state index is 12.7. The van der Waals surface area contributed by atoms with Gasteiger partial charge >= 0.3 is 0 Å². The quantitative estimate of drug-likeness (QED) is 0.908. The van der Waals surface area contributed by atoms with E-state index in [2.05, 4.69) is 14.9 Å². The molecule has 0 aliphatic heterocycles. The second-order valence-corrected chi connectivity index (χ2v) is 7.85. The van der Waals surface area contributed by atoms with E-state index in [1.165, 1.54) is 0 Å². The molecule has 0 unspecified atom stereocenters. The summed E-state index contributed by atoms with van der Waals surface area (Å²) in [6, 6.07) is 9.17. The van der Waals surface area contributed by atoms with Gasteiger partial charge in [0.05, 0.1) is 11.3 Å². The first-order valence-electron chi connectivity index (χ1n) is 7.85. The van der Waals surface area contributed by atoms with Crippen molar-refractivity contribution in [3.8, 4) is 0 Å². The fourth-order valence-electron chi connectivity index (χ4n) is 3.15. The van der Waals surface area contributed by atoms with Crippen molar-refractivity contribution >= 4 is 10.0 Å². The van der Waals surface area contributed by atoms with Gasteiger partial charge in [0.1, 0.15) is 0 Å².